The SMILES string of the molecule is Cc1c(Cl)ccc2cc(C(=O)Cl)c(Cl)nc12. The van der Waals surface area contributed by atoms with Gasteiger partial charge in [-0.05, 0) is 36.2 Å². The first-order valence-electron chi connectivity index (χ1n) is 4.46. The van der Waals surface area contributed by atoms with E-state index in [4.69, 9.17) is 34.8 Å². The van der Waals surface area contributed by atoms with Gasteiger partial charge in [-0.2, -0.15) is 0 Å². The number of pyridine rings is 1. The molecule has 0 bridgehead atoms. The number of carbonyl (C=O) groups excluding carboxylic acids is 1. The summed E-state index contributed by atoms with van der Waals surface area (Å²) in [5, 5.41) is 0.876. The average Bonchev–Trinajstić information content (AvgIpc) is 2.23. The molecule has 2 aromatic rings. The molecule has 2 nitrogen and oxygen atoms in total. The van der Waals surface area contributed by atoms with E-state index in [0.717, 1.165) is 10.9 Å². The molecular formula is C11H6Cl3NO. The Labute approximate surface area is 107 Å². The Morgan fingerprint density at radius 1 is 1.31 bits per heavy atom. The van der Waals surface area contributed by atoms with Crippen LogP contribution in [0.25, 0.3) is 10.9 Å². The van der Waals surface area contributed by atoms with Crippen LogP contribution in [0.5, 0.6) is 0 Å². The van der Waals surface area contributed by atoms with Crippen molar-refractivity contribution < 1.29 is 4.79 Å². The lowest BCUT2D eigenvalue weighted by Crippen LogP contribution is -1.95. The lowest BCUT2D eigenvalue weighted by atomic mass is 10.1. The van der Waals surface area contributed by atoms with Crippen LogP contribution in [0.1, 0.15) is 15.9 Å². The fourth-order valence-electron chi connectivity index (χ4n) is 1.47. The maximum Gasteiger partial charge on any atom is 0.255 e. The standard InChI is InChI=1S/C11H6Cl3NO/c1-5-8(12)3-2-6-4-7(11(14)16)10(13)15-9(5)6/h2-4H,1H3. The summed E-state index contributed by atoms with van der Waals surface area (Å²) in [4.78, 5) is 15.2. The average molecular weight is 275 g/mol. The van der Waals surface area contributed by atoms with Gasteiger partial charge in [-0.3, -0.25) is 4.79 Å². The summed E-state index contributed by atoms with van der Waals surface area (Å²) in [6, 6.07) is 5.14. The number of hydrogen-bond acceptors (Lipinski definition) is 2. The molecule has 0 aliphatic heterocycles. The van der Waals surface area contributed by atoms with Gasteiger partial charge in [0.05, 0.1) is 11.1 Å². The predicted molar refractivity (Wildman–Crippen MR) is 66.7 cm³/mol. The van der Waals surface area contributed by atoms with E-state index in [0.29, 0.717) is 10.5 Å². The maximum atomic E-state index is 11.1. The van der Waals surface area contributed by atoms with Crippen molar-refractivity contribution in [2.75, 3.05) is 0 Å². The van der Waals surface area contributed by atoms with E-state index in [-0.39, 0.29) is 10.7 Å². The molecule has 0 radical (unpaired) electrons. The van der Waals surface area contributed by atoms with Crippen LogP contribution in [0.2, 0.25) is 10.2 Å². The molecule has 1 aromatic carbocycles. The zero-order chi connectivity index (χ0) is 11.9. The third-order valence-corrected chi connectivity index (χ3v) is 3.24. The number of rotatable bonds is 1. The number of fused-ring (bicyclic) bond motifs is 1. The minimum absolute atomic E-state index is 0.0952. The fourth-order valence-corrected chi connectivity index (χ4v) is 2.04. The van der Waals surface area contributed by atoms with Gasteiger partial charge in [0.1, 0.15) is 5.15 Å². The zero-order valence-electron chi connectivity index (χ0n) is 8.22. The van der Waals surface area contributed by atoms with Crippen molar-refractivity contribution in [1.29, 1.82) is 0 Å². The number of aromatic nitrogens is 1. The van der Waals surface area contributed by atoms with Crippen LogP contribution < -0.4 is 0 Å². The molecule has 0 aliphatic rings. The highest BCUT2D eigenvalue weighted by Gasteiger charge is 2.12. The highest BCUT2D eigenvalue weighted by molar-refractivity contribution is 6.68. The minimum atomic E-state index is -0.619. The van der Waals surface area contributed by atoms with E-state index < -0.39 is 5.24 Å². The number of benzene rings is 1. The van der Waals surface area contributed by atoms with Gasteiger partial charge in [0.15, 0.2) is 0 Å². The molecule has 0 atom stereocenters. The number of nitrogens with zero attached hydrogens (tertiary/aromatic N) is 1. The Morgan fingerprint density at radius 2 is 2.00 bits per heavy atom. The molecule has 2 rings (SSSR count). The van der Waals surface area contributed by atoms with E-state index in [1.54, 1.807) is 18.2 Å². The third kappa shape index (κ3) is 1.88. The van der Waals surface area contributed by atoms with E-state index >= 15 is 0 Å². The smallest absolute Gasteiger partial charge is 0.255 e. The largest absolute Gasteiger partial charge is 0.275 e. The maximum absolute atomic E-state index is 11.1. The van der Waals surface area contributed by atoms with Gasteiger partial charge >= 0.3 is 0 Å². The zero-order valence-corrected chi connectivity index (χ0v) is 10.5. The second-order valence-corrected chi connectivity index (χ2v) is 4.45. The monoisotopic (exact) mass is 273 g/mol. The quantitative estimate of drug-likeness (QED) is 0.575. The molecule has 0 fully saturated rings. The molecular weight excluding hydrogens is 268 g/mol. The number of halogens is 3. The summed E-state index contributed by atoms with van der Waals surface area (Å²) in [5.41, 5.74) is 1.71. The molecule has 0 saturated carbocycles. The van der Waals surface area contributed by atoms with E-state index in [1.807, 2.05) is 6.92 Å². The van der Waals surface area contributed by atoms with Crippen LogP contribution in [0.15, 0.2) is 18.2 Å². The topological polar surface area (TPSA) is 30.0 Å². The third-order valence-electron chi connectivity index (χ3n) is 2.34. The molecule has 0 unspecified atom stereocenters. The van der Waals surface area contributed by atoms with Crippen molar-refractivity contribution in [3.63, 3.8) is 0 Å². The Balaban J connectivity index is 2.84. The van der Waals surface area contributed by atoms with Crippen molar-refractivity contribution in [3.05, 3.63) is 39.5 Å². The molecule has 82 valence electrons. The first-order chi connectivity index (χ1) is 7.50. The summed E-state index contributed by atoms with van der Waals surface area (Å²) < 4.78 is 0. The molecule has 0 amide bonds. The molecule has 1 heterocycles. The van der Waals surface area contributed by atoms with Crippen LogP contribution in [0.4, 0.5) is 0 Å². The van der Waals surface area contributed by atoms with Gasteiger partial charge < -0.3 is 0 Å². The summed E-state index contributed by atoms with van der Waals surface area (Å²) in [6.45, 7) is 1.84. The number of aryl methyl sites for hydroxylation is 1. The summed E-state index contributed by atoms with van der Waals surface area (Å²) >= 11 is 17.2. The lowest BCUT2D eigenvalue weighted by Gasteiger charge is -2.06. The predicted octanol–water partition coefficient (Wildman–Crippen LogP) is 4.23. The molecule has 0 aliphatic carbocycles. The van der Waals surface area contributed by atoms with Crippen LogP contribution in [-0.2, 0) is 0 Å². The summed E-state index contributed by atoms with van der Waals surface area (Å²) in [7, 11) is 0. The molecule has 0 spiro atoms. The van der Waals surface area contributed by atoms with Crippen LogP contribution in [0, 0.1) is 6.92 Å². The van der Waals surface area contributed by atoms with Gasteiger partial charge in [-0.1, -0.05) is 29.3 Å². The van der Waals surface area contributed by atoms with Crippen molar-refractivity contribution >= 4 is 50.9 Å². The van der Waals surface area contributed by atoms with Crippen molar-refractivity contribution in [2.45, 2.75) is 6.92 Å². The number of hydrogen-bond donors (Lipinski definition) is 0. The molecule has 5 heteroatoms. The lowest BCUT2D eigenvalue weighted by molar-refractivity contribution is 0.108. The minimum Gasteiger partial charge on any atom is -0.275 e. The van der Waals surface area contributed by atoms with Gasteiger partial charge in [0.2, 0.25) is 0 Å². The molecule has 0 N–H and O–H groups in total. The highest BCUT2D eigenvalue weighted by atomic mass is 35.5. The van der Waals surface area contributed by atoms with Crippen molar-refractivity contribution in [2.24, 2.45) is 0 Å². The second kappa shape index (κ2) is 4.21. The Bertz CT molecular complexity index is 595. The van der Waals surface area contributed by atoms with Gasteiger partial charge in [-0.15, -0.1) is 0 Å². The molecule has 0 saturated heterocycles. The normalized spacial score (nSPS) is 10.8. The van der Waals surface area contributed by atoms with Crippen LogP contribution in [0.3, 0.4) is 0 Å². The number of carbonyl (C=O) groups is 1. The van der Waals surface area contributed by atoms with Gasteiger partial charge in [0, 0.05) is 10.4 Å². The summed E-state index contributed by atoms with van der Waals surface area (Å²) in [5.74, 6) is 0. The van der Waals surface area contributed by atoms with E-state index in [9.17, 15) is 4.79 Å². The van der Waals surface area contributed by atoms with Gasteiger partial charge in [0.25, 0.3) is 5.24 Å². The molecule has 1 aromatic heterocycles. The Hall–Kier alpha value is -0.830. The molecule has 16 heavy (non-hydrogen) atoms. The Morgan fingerprint density at radius 3 is 2.62 bits per heavy atom. The fraction of sp³-hybridized carbons (Fsp3) is 0.0909. The van der Waals surface area contributed by atoms with Crippen molar-refractivity contribution in [3.8, 4) is 0 Å². The van der Waals surface area contributed by atoms with Gasteiger partial charge in [-0.25, -0.2) is 4.98 Å². The van der Waals surface area contributed by atoms with Crippen LogP contribution >= 0.6 is 34.8 Å². The second-order valence-electron chi connectivity index (χ2n) is 3.34. The highest BCUT2D eigenvalue weighted by Crippen LogP contribution is 2.27. The van der Waals surface area contributed by atoms with E-state index in [1.165, 1.54) is 0 Å². The van der Waals surface area contributed by atoms with Crippen molar-refractivity contribution in [1.82, 2.24) is 4.98 Å². The summed E-state index contributed by atoms with van der Waals surface area (Å²) in [6.07, 6.45) is 0. The Kier molecular flexibility index (Phi) is 3.06. The first-order valence-corrected chi connectivity index (χ1v) is 5.59. The van der Waals surface area contributed by atoms with Crippen LogP contribution in [-0.4, -0.2) is 10.2 Å². The van der Waals surface area contributed by atoms with E-state index in [2.05, 4.69) is 4.98 Å². The first kappa shape index (κ1) is 11.6.